The summed E-state index contributed by atoms with van der Waals surface area (Å²) in [7, 11) is 0. The molecule has 0 aliphatic carbocycles. The van der Waals surface area contributed by atoms with E-state index < -0.39 is 0 Å². The zero-order valence-electron chi connectivity index (χ0n) is 12.1. The summed E-state index contributed by atoms with van der Waals surface area (Å²) in [6, 6.07) is 8.00. The minimum atomic E-state index is 0. The Bertz CT molecular complexity index is 335. The van der Waals surface area contributed by atoms with E-state index in [2.05, 4.69) is 19.6 Å². The molecule has 0 radical (unpaired) electrons. The average Bonchev–Trinajstić information content (AvgIpc) is 2.45. The summed E-state index contributed by atoms with van der Waals surface area (Å²) in [6.07, 6.45) is 4.14. The molecule has 0 aliphatic heterocycles. The topological polar surface area (TPSA) is 44.5 Å². The monoisotopic (exact) mass is 319 g/mol. The fraction of sp³-hybridized carbons (Fsp3) is 0.600. The van der Waals surface area contributed by atoms with Crippen LogP contribution in [0.1, 0.15) is 32.6 Å². The van der Waals surface area contributed by atoms with Crippen molar-refractivity contribution in [2.24, 2.45) is 5.73 Å². The van der Waals surface area contributed by atoms with Crippen LogP contribution in [-0.2, 0) is 0 Å². The van der Waals surface area contributed by atoms with Gasteiger partial charge in [-0.3, -0.25) is 0 Å². The Kier molecular flexibility index (Phi) is 11.8. The van der Waals surface area contributed by atoms with Crippen LogP contribution in [-0.4, -0.2) is 25.0 Å². The van der Waals surface area contributed by atoms with Gasteiger partial charge in [-0.15, -0.1) is 12.4 Å². The Morgan fingerprint density at radius 2 is 1.60 bits per heavy atom. The van der Waals surface area contributed by atoms with Gasteiger partial charge in [0.1, 0.15) is 11.5 Å². The zero-order chi connectivity index (χ0) is 13.9. The van der Waals surface area contributed by atoms with E-state index in [1.807, 2.05) is 24.3 Å². The van der Waals surface area contributed by atoms with Gasteiger partial charge in [-0.05, 0) is 49.9 Å². The van der Waals surface area contributed by atoms with E-state index in [1.54, 1.807) is 0 Å². The van der Waals surface area contributed by atoms with Gasteiger partial charge in [-0.25, -0.2) is 0 Å². The molecule has 0 aromatic heterocycles. The Morgan fingerprint density at radius 3 is 2.10 bits per heavy atom. The van der Waals surface area contributed by atoms with Crippen molar-refractivity contribution in [3.05, 3.63) is 24.3 Å². The van der Waals surface area contributed by atoms with E-state index in [0.29, 0.717) is 0 Å². The van der Waals surface area contributed by atoms with Crippen LogP contribution in [0.4, 0.5) is 0 Å². The molecule has 1 aromatic carbocycles. The molecule has 0 spiro atoms. The second kappa shape index (κ2) is 12.2. The van der Waals surface area contributed by atoms with E-state index in [1.165, 1.54) is 0 Å². The Labute approximate surface area is 134 Å². The first-order valence-corrected chi connectivity index (χ1v) is 7.61. The van der Waals surface area contributed by atoms with Gasteiger partial charge in [0, 0.05) is 11.8 Å². The number of hydrogen-bond donors (Lipinski definition) is 2. The SMILES string of the molecule is CCCOc1ccc(OCCCCC(N)CS)cc1.Cl. The molecule has 0 aliphatic rings. The molecule has 0 saturated carbocycles. The fourth-order valence-corrected chi connectivity index (χ4v) is 1.82. The maximum atomic E-state index is 5.79. The third-order valence-corrected chi connectivity index (χ3v) is 3.24. The minimum Gasteiger partial charge on any atom is -0.494 e. The van der Waals surface area contributed by atoms with Crippen molar-refractivity contribution >= 4 is 25.0 Å². The van der Waals surface area contributed by atoms with E-state index in [4.69, 9.17) is 15.2 Å². The first-order chi connectivity index (χ1) is 9.26. The summed E-state index contributed by atoms with van der Waals surface area (Å²) in [5.41, 5.74) is 5.79. The van der Waals surface area contributed by atoms with Crippen molar-refractivity contribution in [1.29, 1.82) is 0 Å². The number of benzene rings is 1. The van der Waals surface area contributed by atoms with Crippen LogP contribution in [0.25, 0.3) is 0 Å². The van der Waals surface area contributed by atoms with Crippen molar-refractivity contribution in [2.75, 3.05) is 19.0 Å². The number of thiol groups is 1. The molecular formula is C15H26ClNO2S. The van der Waals surface area contributed by atoms with E-state index >= 15 is 0 Å². The van der Waals surface area contributed by atoms with E-state index in [-0.39, 0.29) is 18.4 Å². The summed E-state index contributed by atoms with van der Waals surface area (Å²) in [5.74, 6) is 2.54. The molecule has 116 valence electrons. The van der Waals surface area contributed by atoms with Gasteiger partial charge in [0.25, 0.3) is 0 Å². The van der Waals surface area contributed by atoms with Crippen LogP contribution in [0.15, 0.2) is 24.3 Å². The first kappa shape index (κ1) is 19.4. The predicted molar refractivity (Wildman–Crippen MR) is 90.7 cm³/mol. The lowest BCUT2D eigenvalue weighted by Crippen LogP contribution is -2.21. The number of rotatable bonds is 10. The van der Waals surface area contributed by atoms with Crippen LogP contribution in [0, 0.1) is 0 Å². The molecule has 1 unspecified atom stereocenters. The van der Waals surface area contributed by atoms with Gasteiger partial charge in [-0.1, -0.05) is 6.92 Å². The molecule has 2 N–H and O–H groups in total. The zero-order valence-corrected chi connectivity index (χ0v) is 13.8. The predicted octanol–water partition coefficient (Wildman–Crippen LogP) is 3.70. The van der Waals surface area contributed by atoms with E-state index in [0.717, 1.165) is 56.1 Å². The number of hydrogen-bond acceptors (Lipinski definition) is 4. The molecule has 1 aromatic rings. The molecular weight excluding hydrogens is 294 g/mol. The third-order valence-electron chi connectivity index (χ3n) is 2.77. The normalized spacial score (nSPS) is 11.6. The summed E-state index contributed by atoms with van der Waals surface area (Å²) in [5, 5.41) is 0. The lowest BCUT2D eigenvalue weighted by molar-refractivity contribution is 0.300. The highest BCUT2D eigenvalue weighted by atomic mass is 35.5. The average molecular weight is 320 g/mol. The smallest absolute Gasteiger partial charge is 0.119 e. The van der Waals surface area contributed by atoms with Crippen molar-refractivity contribution < 1.29 is 9.47 Å². The lowest BCUT2D eigenvalue weighted by Gasteiger charge is -2.09. The molecule has 0 saturated heterocycles. The molecule has 5 heteroatoms. The van der Waals surface area contributed by atoms with Crippen LogP contribution in [0.5, 0.6) is 11.5 Å². The van der Waals surface area contributed by atoms with Crippen LogP contribution in [0.3, 0.4) is 0 Å². The largest absolute Gasteiger partial charge is 0.494 e. The molecule has 0 fully saturated rings. The van der Waals surface area contributed by atoms with Crippen molar-refractivity contribution in [3.8, 4) is 11.5 Å². The van der Waals surface area contributed by atoms with Crippen molar-refractivity contribution in [1.82, 2.24) is 0 Å². The van der Waals surface area contributed by atoms with Crippen LogP contribution in [0.2, 0.25) is 0 Å². The van der Waals surface area contributed by atoms with Gasteiger partial charge < -0.3 is 15.2 Å². The van der Waals surface area contributed by atoms with Gasteiger partial charge in [-0.2, -0.15) is 12.6 Å². The summed E-state index contributed by atoms with van der Waals surface area (Å²) in [6.45, 7) is 3.58. The number of halogens is 1. The van der Waals surface area contributed by atoms with Gasteiger partial charge in [0.05, 0.1) is 13.2 Å². The maximum Gasteiger partial charge on any atom is 0.119 e. The molecule has 3 nitrogen and oxygen atoms in total. The molecule has 0 heterocycles. The fourth-order valence-electron chi connectivity index (χ4n) is 1.64. The van der Waals surface area contributed by atoms with Gasteiger partial charge >= 0.3 is 0 Å². The Hall–Kier alpha value is -0.580. The van der Waals surface area contributed by atoms with Gasteiger partial charge in [0.15, 0.2) is 0 Å². The summed E-state index contributed by atoms with van der Waals surface area (Å²) in [4.78, 5) is 0. The van der Waals surface area contributed by atoms with Crippen molar-refractivity contribution in [2.45, 2.75) is 38.6 Å². The first-order valence-electron chi connectivity index (χ1n) is 6.98. The second-order valence-corrected chi connectivity index (χ2v) is 4.97. The highest BCUT2D eigenvalue weighted by molar-refractivity contribution is 7.80. The molecule has 20 heavy (non-hydrogen) atoms. The third kappa shape index (κ3) is 8.56. The molecule has 0 bridgehead atoms. The van der Waals surface area contributed by atoms with Crippen LogP contribution < -0.4 is 15.2 Å². The minimum absolute atomic E-state index is 0. The lowest BCUT2D eigenvalue weighted by atomic mass is 10.1. The van der Waals surface area contributed by atoms with E-state index in [9.17, 15) is 0 Å². The van der Waals surface area contributed by atoms with Gasteiger partial charge in [0.2, 0.25) is 0 Å². The number of unbranched alkanes of at least 4 members (excludes halogenated alkanes) is 1. The summed E-state index contributed by atoms with van der Waals surface area (Å²) < 4.78 is 11.2. The highest BCUT2D eigenvalue weighted by Gasteiger charge is 2.00. The highest BCUT2D eigenvalue weighted by Crippen LogP contribution is 2.18. The summed E-state index contributed by atoms with van der Waals surface area (Å²) >= 11 is 4.16. The maximum absolute atomic E-state index is 5.79. The molecule has 0 amide bonds. The molecule has 1 atom stereocenters. The van der Waals surface area contributed by atoms with Crippen LogP contribution >= 0.6 is 25.0 Å². The second-order valence-electron chi connectivity index (χ2n) is 4.61. The van der Waals surface area contributed by atoms with Crippen molar-refractivity contribution in [3.63, 3.8) is 0 Å². The quantitative estimate of drug-likeness (QED) is 0.510. The Morgan fingerprint density at radius 1 is 1.05 bits per heavy atom. The number of nitrogens with two attached hydrogens (primary N) is 1. The Balaban J connectivity index is 0.00000361. The number of ether oxygens (including phenoxy) is 2. The molecule has 1 rings (SSSR count). The standard InChI is InChI=1S/C15H25NO2S.ClH/c1-2-10-17-14-6-8-15(9-7-14)18-11-4-3-5-13(16)12-19;/h6-9,13,19H,2-5,10-12,16H2,1H3;1H.